The fraction of sp³-hybridized carbons (Fsp3) is 0.867. The molecule has 22 heavy (non-hydrogen) atoms. The van der Waals surface area contributed by atoms with Crippen molar-refractivity contribution in [1.29, 1.82) is 0 Å². The summed E-state index contributed by atoms with van der Waals surface area (Å²) >= 11 is 0. The minimum absolute atomic E-state index is 0.0134. The topological polar surface area (TPSA) is 90.3 Å². The summed E-state index contributed by atoms with van der Waals surface area (Å²) in [5.41, 5.74) is 0. The quantitative estimate of drug-likeness (QED) is 0.713. The lowest BCUT2D eigenvalue weighted by atomic mass is 10.0. The van der Waals surface area contributed by atoms with Gasteiger partial charge in [-0.3, -0.25) is 14.5 Å². The SMILES string of the molecule is CN(CC(=O)O)[C@@H]1CN(C(=O)CC[C@@H]2CCCCO2)C[C@H]1O. The Balaban J connectivity index is 1.77. The fourth-order valence-corrected chi connectivity index (χ4v) is 3.21. The number of aliphatic hydroxyl groups excluding tert-OH is 1. The minimum atomic E-state index is -0.936. The molecule has 2 saturated heterocycles. The van der Waals surface area contributed by atoms with E-state index in [1.54, 1.807) is 16.8 Å². The zero-order valence-corrected chi connectivity index (χ0v) is 13.1. The number of aliphatic carboxylic acids is 1. The largest absolute Gasteiger partial charge is 0.480 e. The third-order valence-electron chi connectivity index (χ3n) is 4.52. The number of carboxylic acids is 1. The Bertz CT molecular complexity index is 397. The molecule has 2 fully saturated rings. The lowest BCUT2D eigenvalue weighted by Crippen LogP contribution is -2.43. The number of carboxylic acid groups (broad SMARTS) is 1. The molecule has 7 nitrogen and oxygen atoms in total. The van der Waals surface area contributed by atoms with Crippen LogP contribution in [0, 0.1) is 0 Å². The summed E-state index contributed by atoms with van der Waals surface area (Å²) in [6.45, 7) is 1.30. The van der Waals surface area contributed by atoms with Gasteiger partial charge in [0.15, 0.2) is 0 Å². The highest BCUT2D eigenvalue weighted by Gasteiger charge is 2.36. The van der Waals surface area contributed by atoms with Crippen molar-refractivity contribution in [3.63, 3.8) is 0 Å². The fourth-order valence-electron chi connectivity index (χ4n) is 3.21. The van der Waals surface area contributed by atoms with Crippen LogP contribution in [0.3, 0.4) is 0 Å². The number of amides is 1. The van der Waals surface area contributed by atoms with Gasteiger partial charge in [-0.2, -0.15) is 0 Å². The number of carbonyl (C=O) groups is 2. The first kappa shape index (κ1) is 17.2. The first-order chi connectivity index (χ1) is 10.5. The van der Waals surface area contributed by atoms with E-state index in [-0.39, 0.29) is 31.1 Å². The van der Waals surface area contributed by atoms with Crippen LogP contribution in [0.2, 0.25) is 0 Å². The van der Waals surface area contributed by atoms with E-state index < -0.39 is 12.1 Å². The number of hydrogen-bond acceptors (Lipinski definition) is 5. The zero-order chi connectivity index (χ0) is 16.1. The van der Waals surface area contributed by atoms with Gasteiger partial charge in [-0.25, -0.2) is 0 Å². The highest BCUT2D eigenvalue weighted by atomic mass is 16.5. The van der Waals surface area contributed by atoms with Gasteiger partial charge in [-0.15, -0.1) is 0 Å². The van der Waals surface area contributed by atoms with E-state index in [2.05, 4.69) is 0 Å². The summed E-state index contributed by atoms with van der Waals surface area (Å²) in [6.07, 6.45) is 3.90. The Labute approximate surface area is 130 Å². The van der Waals surface area contributed by atoms with E-state index in [0.29, 0.717) is 13.0 Å². The van der Waals surface area contributed by atoms with Crippen LogP contribution < -0.4 is 0 Å². The Kier molecular flexibility index (Phi) is 6.16. The lowest BCUT2D eigenvalue weighted by Gasteiger charge is -2.25. The third kappa shape index (κ3) is 4.66. The smallest absolute Gasteiger partial charge is 0.317 e. The number of nitrogens with zero attached hydrogens (tertiary/aromatic N) is 2. The Hall–Kier alpha value is -1.18. The van der Waals surface area contributed by atoms with Crippen molar-refractivity contribution in [2.24, 2.45) is 0 Å². The van der Waals surface area contributed by atoms with E-state index in [0.717, 1.165) is 32.3 Å². The highest BCUT2D eigenvalue weighted by Crippen LogP contribution is 2.20. The maximum absolute atomic E-state index is 12.2. The molecular weight excluding hydrogens is 288 g/mol. The summed E-state index contributed by atoms with van der Waals surface area (Å²) in [5.74, 6) is -0.923. The van der Waals surface area contributed by atoms with E-state index in [1.165, 1.54) is 0 Å². The van der Waals surface area contributed by atoms with Gasteiger partial charge in [-0.05, 0) is 32.7 Å². The maximum atomic E-state index is 12.2. The molecule has 1 amide bonds. The number of likely N-dealkylation sites (N-methyl/N-ethyl adjacent to an activating group) is 1. The minimum Gasteiger partial charge on any atom is -0.480 e. The van der Waals surface area contributed by atoms with Crippen LogP contribution in [0.1, 0.15) is 32.1 Å². The van der Waals surface area contributed by atoms with Crippen molar-refractivity contribution in [2.75, 3.05) is 33.3 Å². The summed E-state index contributed by atoms with van der Waals surface area (Å²) < 4.78 is 5.62. The number of rotatable bonds is 6. The van der Waals surface area contributed by atoms with Crippen LogP contribution in [-0.4, -0.2) is 83.4 Å². The molecule has 0 saturated carbocycles. The summed E-state index contributed by atoms with van der Waals surface area (Å²) in [7, 11) is 1.66. The van der Waals surface area contributed by atoms with Crippen LogP contribution >= 0.6 is 0 Å². The molecular formula is C15H26N2O5. The first-order valence-electron chi connectivity index (χ1n) is 7.97. The predicted molar refractivity (Wildman–Crippen MR) is 79.5 cm³/mol. The van der Waals surface area contributed by atoms with Crippen molar-refractivity contribution in [2.45, 2.75) is 50.4 Å². The number of β-amino-alcohol motifs (C(OH)–C–C–N with tert-alkyl or cyclic N) is 1. The van der Waals surface area contributed by atoms with E-state index in [4.69, 9.17) is 9.84 Å². The highest BCUT2D eigenvalue weighted by molar-refractivity contribution is 5.76. The van der Waals surface area contributed by atoms with E-state index in [9.17, 15) is 14.7 Å². The third-order valence-corrected chi connectivity index (χ3v) is 4.52. The molecule has 2 N–H and O–H groups in total. The summed E-state index contributed by atoms with van der Waals surface area (Å²) in [5, 5.41) is 18.9. The molecule has 126 valence electrons. The average Bonchev–Trinajstić information content (AvgIpc) is 2.87. The van der Waals surface area contributed by atoms with Crippen molar-refractivity contribution in [3.8, 4) is 0 Å². The van der Waals surface area contributed by atoms with E-state index in [1.807, 2.05) is 0 Å². The molecule has 2 heterocycles. The van der Waals surface area contributed by atoms with Crippen LogP contribution in [-0.2, 0) is 14.3 Å². The van der Waals surface area contributed by atoms with Gasteiger partial charge in [0, 0.05) is 26.1 Å². The van der Waals surface area contributed by atoms with Gasteiger partial charge in [0.25, 0.3) is 0 Å². The summed E-state index contributed by atoms with van der Waals surface area (Å²) in [6, 6.07) is -0.314. The second kappa shape index (κ2) is 7.89. The number of carbonyl (C=O) groups excluding carboxylic acids is 1. The zero-order valence-electron chi connectivity index (χ0n) is 13.1. The van der Waals surface area contributed by atoms with Gasteiger partial charge in [0.1, 0.15) is 0 Å². The second-order valence-electron chi connectivity index (χ2n) is 6.27. The van der Waals surface area contributed by atoms with Gasteiger partial charge >= 0.3 is 5.97 Å². The van der Waals surface area contributed by atoms with Gasteiger partial charge in [0.05, 0.1) is 24.8 Å². The van der Waals surface area contributed by atoms with Crippen molar-refractivity contribution in [1.82, 2.24) is 9.80 Å². The molecule has 0 aromatic rings. The molecule has 2 aliphatic heterocycles. The standard InChI is InChI=1S/C15H26N2O5/c1-16(10-15(20)21)12-8-17(9-13(12)18)14(19)6-5-11-4-2-3-7-22-11/h11-13,18H,2-10H2,1H3,(H,20,21)/t11-,12+,13+/m0/s1. The van der Waals surface area contributed by atoms with Crippen molar-refractivity contribution < 1.29 is 24.5 Å². The second-order valence-corrected chi connectivity index (χ2v) is 6.27. The van der Waals surface area contributed by atoms with Crippen molar-refractivity contribution in [3.05, 3.63) is 0 Å². The number of aliphatic hydroxyl groups is 1. The number of likely N-dealkylation sites (tertiary alicyclic amines) is 1. The Morgan fingerprint density at radius 2 is 2.09 bits per heavy atom. The van der Waals surface area contributed by atoms with Crippen LogP contribution in [0.5, 0.6) is 0 Å². The lowest BCUT2D eigenvalue weighted by molar-refractivity contribution is -0.138. The monoisotopic (exact) mass is 314 g/mol. The Morgan fingerprint density at radius 3 is 2.73 bits per heavy atom. The van der Waals surface area contributed by atoms with Crippen LogP contribution in [0.15, 0.2) is 0 Å². The molecule has 0 radical (unpaired) electrons. The number of ether oxygens (including phenoxy) is 1. The van der Waals surface area contributed by atoms with E-state index >= 15 is 0 Å². The Morgan fingerprint density at radius 1 is 1.32 bits per heavy atom. The van der Waals surface area contributed by atoms with Crippen LogP contribution in [0.4, 0.5) is 0 Å². The molecule has 0 unspecified atom stereocenters. The van der Waals surface area contributed by atoms with Crippen LogP contribution in [0.25, 0.3) is 0 Å². The summed E-state index contributed by atoms with van der Waals surface area (Å²) in [4.78, 5) is 26.2. The molecule has 3 atom stereocenters. The molecule has 2 rings (SSSR count). The van der Waals surface area contributed by atoms with Gasteiger partial charge < -0.3 is 19.8 Å². The maximum Gasteiger partial charge on any atom is 0.317 e. The molecule has 7 heteroatoms. The molecule has 0 bridgehead atoms. The van der Waals surface area contributed by atoms with Gasteiger partial charge in [-0.1, -0.05) is 0 Å². The van der Waals surface area contributed by atoms with Gasteiger partial charge in [0.2, 0.25) is 5.91 Å². The molecule has 0 aromatic heterocycles. The number of hydrogen-bond donors (Lipinski definition) is 2. The normalized spacial score (nSPS) is 29.0. The average molecular weight is 314 g/mol. The predicted octanol–water partition coefficient (Wildman–Crippen LogP) is -0.0762. The molecule has 0 aromatic carbocycles. The molecule has 0 aliphatic carbocycles. The molecule has 0 spiro atoms. The van der Waals surface area contributed by atoms with Crippen molar-refractivity contribution >= 4 is 11.9 Å². The first-order valence-corrected chi connectivity index (χ1v) is 7.97. The molecule has 2 aliphatic rings.